The summed E-state index contributed by atoms with van der Waals surface area (Å²) in [6.45, 7) is 0.617. The summed E-state index contributed by atoms with van der Waals surface area (Å²) in [4.78, 5) is 11.2. The Morgan fingerprint density at radius 2 is 2.29 bits per heavy atom. The van der Waals surface area contributed by atoms with Crippen molar-refractivity contribution in [3.63, 3.8) is 0 Å². The molecular formula is C11H16ClN3O2. The minimum atomic E-state index is -0.402. The second-order valence-corrected chi connectivity index (χ2v) is 4.80. The lowest BCUT2D eigenvalue weighted by atomic mass is 9.86. The molecule has 3 N–H and O–H groups in total. The molecule has 1 aromatic rings. The number of aromatic nitrogens is 2. The predicted molar refractivity (Wildman–Crippen MR) is 66.3 cm³/mol. The fraction of sp³-hybridized carbons (Fsp3) is 0.636. The Labute approximate surface area is 104 Å². The Balaban J connectivity index is 1.97. The van der Waals surface area contributed by atoms with E-state index >= 15 is 0 Å². The van der Waals surface area contributed by atoms with Crippen LogP contribution in [0.5, 0.6) is 0 Å². The first kappa shape index (κ1) is 12.4. The summed E-state index contributed by atoms with van der Waals surface area (Å²) in [7, 11) is 0. The van der Waals surface area contributed by atoms with Gasteiger partial charge in [0.1, 0.15) is 5.02 Å². The lowest BCUT2D eigenvalue weighted by Gasteiger charge is -2.27. The van der Waals surface area contributed by atoms with Crippen LogP contribution in [0.15, 0.2) is 11.0 Å². The van der Waals surface area contributed by atoms with Crippen molar-refractivity contribution in [1.82, 2.24) is 10.2 Å². The van der Waals surface area contributed by atoms with Crippen LogP contribution in [0.25, 0.3) is 0 Å². The zero-order valence-electron chi connectivity index (χ0n) is 9.45. The summed E-state index contributed by atoms with van der Waals surface area (Å²) in [5, 5.41) is 19.0. The van der Waals surface area contributed by atoms with Crippen LogP contribution in [0.1, 0.15) is 25.7 Å². The van der Waals surface area contributed by atoms with Crippen LogP contribution < -0.4 is 10.9 Å². The first-order valence-electron chi connectivity index (χ1n) is 5.83. The molecule has 0 spiro atoms. The summed E-state index contributed by atoms with van der Waals surface area (Å²) in [5.74, 6) is 0.221. The maximum absolute atomic E-state index is 11.2. The Hall–Kier alpha value is -1.07. The number of aliphatic hydroxyl groups is 1. The van der Waals surface area contributed by atoms with Crippen molar-refractivity contribution >= 4 is 17.3 Å². The average molecular weight is 258 g/mol. The fourth-order valence-corrected chi connectivity index (χ4v) is 2.33. The van der Waals surface area contributed by atoms with Crippen LogP contribution in [0, 0.1) is 5.92 Å². The molecule has 94 valence electrons. The van der Waals surface area contributed by atoms with Crippen molar-refractivity contribution in [2.45, 2.75) is 31.8 Å². The zero-order valence-corrected chi connectivity index (χ0v) is 10.2. The minimum absolute atomic E-state index is 0.116. The normalized spacial score (nSPS) is 24.6. The first-order valence-corrected chi connectivity index (χ1v) is 6.21. The van der Waals surface area contributed by atoms with Crippen LogP contribution >= 0.6 is 11.6 Å². The predicted octanol–water partition coefficient (Wildman–Crippen LogP) is 1.39. The van der Waals surface area contributed by atoms with Gasteiger partial charge in [-0.15, -0.1) is 0 Å². The Morgan fingerprint density at radius 1 is 1.53 bits per heavy atom. The van der Waals surface area contributed by atoms with Gasteiger partial charge in [-0.05, 0) is 12.8 Å². The van der Waals surface area contributed by atoms with Gasteiger partial charge in [-0.3, -0.25) is 4.79 Å². The highest BCUT2D eigenvalue weighted by Gasteiger charge is 2.22. The number of nitrogens with zero attached hydrogens (tertiary/aromatic N) is 1. The van der Waals surface area contributed by atoms with Crippen molar-refractivity contribution in [1.29, 1.82) is 0 Å². The average Bonchev–Trinajstić information content (AvgIpc) is 2.33. The van der Waals surface area contributed by atoms with E-state index in [2.05, 4.69) is 15.5 Å². The van der Waals surface area contributed by atoms with E-state index in [9.17, 15) is 9.90 Å². The number of hydrogen-bond donors (Lipinski definition) is 3. The second kappa shape index (κ2) is 5.51. The first-order chi connectivity index (χ1) is 8.18. The molecule has 0 saturated heterocycles. The summed E-state index contributed by atoms with van der Waals surface area (Å²) < 4.78 is 0. The Kier molecular flexibility index (Phi) is 4.02. The molecule has 5 nitrogen and oxygen atoms in total. The van der Waals surface area contributed by atoms with E-state index in [-0.39, 0.29) is 17.0 Å². The van der Waals surface area contributed by atoms with Gasteiger partial charge < -0.3 is 10.4 Å². The third-order valence-corrected chi connectivity index (χ3v) is 3.59. The molecule has 2 rings (SSSR count). The number of aliphatic hydroxyl groups excluding tert-OH is 1. The third kappa shape index (κ3) is 2.98. The number of rotatable bonds is 3. The maximum atomic E-state index is 11.2. The van der Waals surface area contributed by atoms with Crippen molar-refractivity contribution in [2.24, 2.45) is 5.92 Å². The number of halogens is 1. The molecule has 1 aromatic heterocycles. The van der Waals surface area contributed by atoms with Gasteiger partial charge in [-0.2, -0.15) is 5.10 Å². The molecule has 0 aromatic carbocycles. The zero-order chi connectivity index (χ0) is 12.3. The van der Waals surface area contributed by atoms with Crippen LogP contribution in [-0.2, 0) is 0 Å². The summed E-state index contributed by atoms with van der Waals surface area (Å²) in [6, 6.07) is 0. The van der Waals surface area contributed by atoms with Crippen LogP contribution in [0.2, 0.25) is 5.02 Å². The van der Waals surface area contributed by atoms with E-state index in [1.54, 1.807) is 0 Å². The van der Waals surface area contributed by atoms with E-state index < -0.39 is 5.56 Å². The second-order valence-electron chi connectivity index (χ2n) is 4.42. The Bertz CT molecular complexity index is 435. The van der Waals surface area contributed by atoms with E-state index in [1.807, 2.05) is 0 Å². The number of hydrogen-bond acceptors (Lipinski definition) is 4. The highest BCUT2D eigenvalue weighted by atomic mass is 35.5. The summed E-state index contributed by atoms with van der Waals surface area (Å²) >= 11 is 5.84. The van der Waals surface area contributed by atoms with Gasteiger partial charge in [0.15, 0.2) is 0 Å². The molecule has 6 heteroatoms. The number of aromatic amines is 1. The van der Waals surface area contributed by atoms with Gasteiger partial charge in [0.05, 0.1) is 18.0 Å². The van der Waals surface area contributed by atoms with Crippen molar-refractivity contribution in [2.75, 3.05) is 11.9 Å². The van der Waals surface area contributed by atoms with Crippen molar-refractivity contribution in [3.05, 3.63) is 21.6 Å². The van der Waals surface area contributed by atoms with Gasteiger partial charge in [0, 0.05) is 12.5 Å². The van der Waals surface area contributed by atoms with Crippen LogP contribution in [0.4, 0.5) is 5.69 Å². The molecule has 0 radical (unpaired) electrons. The molecule has 1 aliphatic carbocycles. The minimum Gasteiger partial charge on any atom is -0.393 e. The van der Waals surface area contributed by atoms with Gasteiger partial charge in [0.2, 0.25) is 0 Å². The molecule has 1 aliphatic rings. The molecule has 0 amide bonds. The molecule has 0 aliphatic heterocycles. The number of anilines is 1. The maximum Gasteiger partial charge on any atom is 0.285 e. The molecule has 2 atom stereocenters. The topological polar surface area (TPSA) is 78.0 Å². The van der Waals surface area contributed by atoms with Gasteiger partial charge in [-0.25, -0.2) is 5.10 Å². The van der Waals surface area contributed by atoms with Gasteiger partial charge in [0.25, 0.3) is 5.56 Å². The summed E-state index contributed by atoms with van der Waals surface area (Å²) in [6.07, 6.45) is 5.31. The van der Waals surface area contributed by atoms with Crippen molar-refractivity contribution < 1.29 is 5.11 Å². The highest BCUT2D eigenvalue weighted by molar-refractivity contribution is 6.32. The third-order valence-electron chi connectivity index (χ3n) is 3.22. The summed E-state index contributed by atoms with van der Waals surface area (Å²) in [5.41, 5.74) is 0.119. The monoisotopic (exact) mass is 257 g/mol. The number of nitrogens with one attached hydrogen (secondary N) is 2. The van der Waals surface area contributed by atoms with E-state index in [0.717, 1.165) is 25.7 Å². The SMILES string of the molecule is O=c1[nH]ncc(NCC2CCCCC2O)c1Cl. The standard InChI is InChI=1S/C11H16ClN3O2/c12-10-8(6-14-15-11(10)17)13-5-7-3-1-2-4-9(7)16/h6-7,9,16H,1-5H2,(H2,13,15,17). The molecule has 17 heavy (non-hydrogen) atoms. The smallest absolute Gasteiger partial charge is 0.285 e. The highest BCUT2D eigenvalue weighted by Crippen LogP contribution is 2.25. The molecule has 0 bridgehead atoms. The van der Waals surface area contributed by atoms with Crippen LogP contribution in [-0.4, -0.2) is 28.0 Å². The van der Waals surface area contributed by atoms with E-state index in [0.29, 0.717) is 12.2 Å². The van der Waals surface area contributed by atoms with E-state index in [4.69, 9.17) is 11.6 Å². The molecular weight excluding hydrogens is 242 g/mol. The van der Waals surface area contributed by atoms with Gasteiger partial charge >= 0.3 is 0 Å². The lowest BCUT2D eigenvalue weighted by Crippen LogP contribution is -2.30. The molecule has 1 saturated carbocycles. The van der Waals surface area contributed by atoms with Crippen molar-refractivity contribution in [3.8, 4) is 0 Å². The molecule has 1 heterocycles. The van der Waals surface area contributed by atoms with Crippen LogP contribution in [0.3, 0.4) is 0 Å². The Morgan fingerprint density at radius 3 is 3.06 bits per heavy atom. The fourth-order valence-electron chi connectivity index (χ4n) is 2.17. The lowest BCUT2D eigenvalue weighted by molar-refractivity contribution is 0.0763. The largest absolute Gasteiger partial charge is 0.393 e. The van der Waals surface area contributed by atoms with Gasteiger partial charge in [-0.1, -0.05) is 24.4 Å². The van der Waals surface area contributed by atoms with E-state index in [1.165, 1.54) is 6.20 Å². The molecule has 2 unspecified atom stereocenters. The quantitative estimate of drug-likeness (QED) is 0.765. The molecule has 1 fully saturated rings. The number of H-pyrrole nitrogens is 1.